The zero-order chi connectivity index (χ0) is 15.6. The number of nitro groups is 1. The van der Waals surface area contributed by atoms with Crippen molar-refractivity contribution in [3.8, 4) is 5.75 Å². The molecule has 0 saturated carbocycles. The lowest BCUT2D eigenvalue weighted by atomic mass is 10.2. The molecule has 0 amide bonds. The van der Waals surface area contributed by atoms with Crippen molar-refractivity contribution in [1.29, 1.82) is 0 Å². The van der Waals surface area contributed by atoms with Gasteiger partial charge in [0.25, 0.3) is 11.2 Å². The molecule has 0 bridgehead atoms. The standard InChI is InChI=1S/C12H9BrClN3O4/c1-21-10-11(14)15-6-16(12(10)18)5-7-2-3-8(17(19)20)4-9(7)13/h2-4,6H,5H2,1H3. The van der Waals surface area contributed by atoms with Crippen molar-refractivity contribution >= 4 is 33.2 Å². The van der Waals surface area contributed by atoms with Crippen molar-refractivity contribution in [2.24, 2.45) is 0 Å². The summed E-state index contributed by atoms with van der Waals surface area (Å²) in [6.07, 6.45) is 1.29. The Labute approximate surface area is 132 Å². The molecule has 21 heavy (non-hydrogen) atoms. The molecule has 1 heterocycles. The highest BCUT2D eigenvalue weighted by Crippen LogP contribution is 2.24. The number of rotatable bonds is 4. The summed E-state index contributed by atoms with van der Waals surface area (Å²) in [6, 6.07) is 4.31. The van der Waals surface area contributed by atoms with E-state index in [1.54, 1.807) is 6.07 Å². The van der Waals surface area contributed by atoms with Gasteiger partial charge < -0.3 is 4.74 Å². The van der Waals surface area contributed by atoms with E-state index in [1.807, 2.05) is 0 Å². The molecule has 0 unspecified atom stereocenters. The highest BCUT2D eigenvalue weighted by Gasteiger charge is 2.13. The Balaban J connectivity index is 2.39. The number of ether oxygens (including phenoxy) is 1. The summed E-state index contributed by atoms with van der Waals surface area (Å²) < 4.78 is 6.73. The van der Waals surface area contributed by atoms with Gasteiger partial charge >= 0.3 is 0 Å². The molecule has 0 fully saturated rings. The molecule has 0 aliphatic rings. The minimum Gasteiger partial charge on any atom is -0.489 e. The van der Waals surface area contributed by atoms with Crippen LogP contribution >= 0.6 is 27.5 Å². The number of methoxy groups -OCH3 is 1. The van der Waals surface area contributed by atoms with Gasteiger partial charge in [-0.3, -0.25) is 19.5 Å². The second kappa shape index (κ2) is 6.23. The number of nitro benzene ring substituents is 1. The number of halogens is 2. The second-order valence-electron chi connectivity index (χ2n) is 4.03. The minimum atomic E-state index is -0.492. The van der Waals surface area contributed by atoms with Crippen molar-refractivity contribution in [3.05, 3.63) is 60.2 Å². The van der Waals surface area contributed by atoms with Crippen LogP contribution in [0.1, 0.15) is 5.56 Å². The highest BCUT2D eigenvalue weighted by molar-refractivity contribution is 9.10. The van der Waals surface area contributed by atoms with Crippen LogP contribution in [-0.4, -0.2) is 21.6 Å². The second-order valence-corrected chi connectivity index (χ2v) is 5.25. The van der Waals surface area contributed by atoms with E-state index >= 15 is 0 Å². The first-order valence-electron chi connectivity index (χ1n) is 5.65. The molecule has 0 spiro atoms. The lowest BCUT2D eigenvalue weighted by Crippen LogP contribution is -2.22. The van der Waals surface area contributed by atoms with Gasteiger partial charge in [0.2, 0.25) is 5.75 Å². The third-order valence-corrected chi connectivity index (χ3v) is 3.75. The van der Waals surface area contributed by atoms with Gasteiger partial charge in [-0.25, -0.2) is 4.98 Å². The molecule has 2 rings (SSSR count). The molecular weight excluding hydrogens is 366 g/mol. The van der Waals surface area contributed by atoms with E-state index in [4.69, 9.17) is 16.3 Å². The van der Waals surface area contributed by atoms with Crippen LogP contribution in [0, 0.1) is 10.1 Å². The first kappa shape index (κ1) is 15.5. The summed E-state index contributed by atoms with van der Waals surface area (Å²) in [4.78, 5) is 26.2. The Morgan fingerprint density at radius 3 is 2.81 bits per heavy atom. The van der Waals surface area contributed by atoms with Crippen LogP contribution < -0.4 is 10.3 Å². The average Bonchev–Trinajstić information content (AvgIpc) is 2.44. The first-order chi connectivity index (χ1) is 9.93. The summed E-state index contributed by atoms with van der Waals surface area (Å²) in [5, 5.41) is 10.7. The fourth-order valence-corrected chi connectivity index (χ4v) is 2.39. The van der Waals surface area contributed by atoms with Crippen molar-refractivity contribution in [2.45, 2.75) is 6.54 Å². The lowest BCUT2D eigenvalue weighted by molar-refractivity contribution is -0.384. The summed E-state index contributed by atoms with van der Waals surface area (Å²) in [5.41, 5.74) is 0.224. The molecule has 0 radical (unpaired) electrons. The van der Waals surface area contributed by atoms with Gasteiger partial charge in [-0.15, -0.1) is 0 Å². The van der Waals surface area contributed by atoms with Crippen LogP contribution in [0.3, 0.4) is 0 Å². The molecule has 0 atom stereocenters. The zero-order valence-corrected chi connectivity index (χ0v) is 13.1. The molecule has 2 aromatic rings. The first-order valence-corrected chi connectivity index (χ1v) is 6.83. The molecular formula is C12H9BrClN3O4. The Bertz CT molecular complexity index is 763. The molecule has 7 nitrogen and oxygen atoms in total. The molecule has 0 N–H and O–H groups in total. The van der Waals surface area contributed by atoms with E-state index in [1.165, 1.54) is 30.1 Å². The maximum absolute atomic E-state index is 12.1. The van der Waals surface area contributed by atoms with E-state index in [9.17, 15) is 14.9 Å². The quantitative estimate of drug-likeness (QED) is 0.466. The van der Waals surface area contributed by atoms with Crippen LogP contribution in [0.25, 0.3) is 0 Å². The van der Waals surface area contributed by atoms with Gasteiger partial charge in [0, 0.05) is 16.6 Å². The fourth-order valence-electron chi connectivity index (χ4n) is 1.70. The predicted octanol–water partition coefficient (Wildman–Crippen LogP) is 2.62. The average molecular weight is 375 g/mol. The Morgan fingerprint density at radius 1 is 1.52 bits per heavy atom. The lowest BCUT2D eigenvalue weighted by Gasteiger charge is -2.09. The SMILES string of the molecule is COc1c(Cl)ncn(Cc2ccc([N+](=O)[O-])cc2Br)c1=O. The molecule has 110 valence electrons. The molecule has 9 heteroatoms. The van der Waals surface area contributed by atoms with Crippen molar-refractivity contribution < 1.29 is 9.66 Å². The summed E-state index contributed by atoms with van der Waals surface area (Å²) in [7, 11) is 1.33. The number of benzene rings is 1. The third-order valence-electron chi connectivity index (χ3n) is 2.75. The van der Waals surface area contributed by atoms with E-state index in [0.29, 0.717) is 10.0 Å². The monoisotopic (exact) mass is 373 g/mol. The van der Waals surface area contributed by atoms with Gasteiger partial charge in [0.05, 0.1) is 24.9 Å². The Kier molecular flexibility index (Phi) is 4.59. The van der Waals surface area contributed by atoms with E-state index in [2.05, 4.69) is 20.9 Å². The van der Waals surface area contributed by atoms with E-state index in [0.717, 1.165) is 0 Å². The van der Waals surface area contributed by atoms with E-state index < -0.39 is 10.5 Å². The van der Waals surface area contributed by atoms with Crippen molar-refractivity contribution in [1.82, 2.24) is 9.55 Å². The summed E-state index contributed by atoms with van der Waals surface area (Å²) >= 11 is 9.01. The summed E-state index contributed by atoms with van der Waals surface area (Å²) in [6.45, 7) is 0.179. The maximum atomic E-state index is 12.1. The number of aromatic nitrogens is 2. The molecule has 0 aliphatic heterocycles. The zero-order valence-electron chi connectivity index (χ0n) is 10.7. The smallest absolute Gasteiger partial charge is 0.297 e. The van der Waals surface area contributed by atoms with Gasteiger partial charge in [0.1, 0.15) is 0 Å². The van der Waals surface area contributed by atoms with Gasteiger partial charge in [-0.05, 0) is 11.6 Å². The predicted molar refractivity (Wildman–Crippen MR) is 80.0 cm³/mol. The summed E-state index contributed by atoms with van der Waals surface area (Å²) in [5.74, 6) is -0.0443. The molecule has 0 saturated heterocycles. The van der Waals surface area contributed by atoms with Crippen molar-refractivity contribution in [3.63, 3.8) is 0 Å². The topological polar surface area (TPSA) is 87.3 Å². The number of hydrogen-bond acceptors (Lipinski definition) is 5. The highest BCUT2D eigenvalue weighted by atomic mass is 79.9. The van der Waals surface area contributed by atoms with Crippen LogP contribution in [0.4, 0.5) is 5.69 Å². The molecule has 0 aliphatic carbocycles. The van der Waals surface area contributed by atoms with Gasteiger partial charge in [0.15, 0.2) is 5.15 Å². The number of non-ortho nitro benzene ring substituents is 1. The largest absolute Gasteiger partial charge is 0.489 e. The normalized spacial score (nSPS) is 10.4. The molecule has 1 aromatic heterocycles. The fraction of sp³-hybridized carbons (Fsp3) is 0.167. The number of hydrogen-bond donors (Lipinski definition) is 0. The minimum absolute atomic E-state index is 0.0125. The number of nitrogens with zero attached hydrogens (tertiary/aromatic N) is 3. The Hall–Kier alpha value is -1.93. The van der Waals surface area contributed by atoms with Crippen molar-refractivity contribution in [2.75, 3.05) is 7.11 Å². The van der Waals surface area contributed by atoms with Gasteiger partial charge in [-0.2, -0.15) is 0 Å². The maximum Gasteiger partial charge on any atom is 0.297 e. The third kappa shape index (κ3) is 3.22. The van der Waals surface area contributed by atoms with Gasteiger partial charge in [-0.1, -0.05) is 27.5 Å². The van der Waals surface area contributed by atoms with Crippen LogP contribution in [-0.2, 0) is 6.54 Å². The Morgan fingerprint density at radius 2 is 2.24 bits per heavy atom. The van der Waals surface area contributed by atoms with E-state index in [-0.39, 0.29) is 23.1 Å². The van der Waals surface area contributed by atoms with Crippen LogP contribution in [0.2, 0.25) is 5.15 Å². The molecule has 1 aromatic carbocycles. The van der Waals surface area contributed by atoms with Crippen LogP contribution in [0.5, 0.6) is 5.75 Å². The van der Waals surface area contributed by atoms with Crippen LogP contribution in [0.15, 0.2) is 33.8 Å².